The van der Waals surface area contributed by atoms with E-state index in [-0.39, 0.29) is 195 Å². The van der Waals surface area contributed by atoms with E-state index in [1.807, 2.05) is 117 Å². The number of fused-ring (bicyclic) bond motifs is 2. The minimum absolute atomic E-state index is 0. The number of amidine groups is 1. The molecule has 8 nitrogen and oxygen atoms in total. The number of pyridine rings is 2. The van der Waals surface area contributed by atoms with Gasteiger partial charge in [-0.05, 0) is 128 Å². The van der Waals surface area contributed by atoms with Crippen LogP contribution in [0.2, 0.25) is 0 Å². The van der Waals surface area contributed by atoms with Crippen LogP contribution in [0.15, 0.2) is 145 Å². The van der Waals surface area contributed by atoms with E-state index >= 15 is 0 Å². The molecule has 0 fully saturated rings. The zero-order chi connectivity index (χ0) is 50.0. The van der Waals surface area contributed by atoms with Crippen molar-refractivity contribution < 1.29 is 161 Å². The minimum atomic E-state index is -0.0552. The summed E-state index contributed by atoms with van der Waals surface area (Å²) in [5.74, 6) is 3.25. The van der Waals surface area contributed by atoms with Gasteiger partial charge in [-0.25, -0.2) is 9.97 Å². The summed E-state index contributed by atoms with van der Waals surface area (Å²) in [5.41, 5.74) is 10.1. The van der Waals surface area contributed by atoms with Crippen LogP contribution in [0.4, 0.5) is 11.6 Å². The van der Waals surface area contributed by atoms with Gasteiger partial charge in [0.1, 0.15) is 11.6 Å². The van der Waals surface area contributed by atoms with Crippen molar-refractivity contribution in [2.24, 2.45) is 10.9 Å². The summed E-state index contributed by atoms with van der Waals surface area (Å²) >= 11 is 0. The molecule has 14 heteroatoms. The van der Waals surface area contributed by atoms with Gasteiger partial charge in [0.25, 0.3) is 0 Å². The first-order valence-electron chi connectivity index (χ1n) is 23.5. The van der Waals surface area contributed by atoms with Crippen LogP contribution in [0.25, 0.3) is 17.2 Å². The number of amides is 2. The molecule has 2 unspecified atom stereocenters. The number of aromatic nitrogens is 2. The molecule has 6 aromatic rings. The second-order valence-corrected chi connectivity index (χ2v) is 19.5. The fourth-order valence-electron chi connectivity index (χ4n) is 7.80. The van der Waals surface area contributed by atoms with Crippen LogP contribution in [0.1, 0.15) is 109 Å². The van der Waals surface area contributed by atoms with Crippen LogP contribution in [0.5, 0.6) is 0 Å². The molecule has 2 amide bonds. The average molecular weight is 1140 g/mol. The predicted octanol–water partition coefficient (Wildman–Crippen LogP) is 13.1. The van der Waals surface area contributed by atoms with Crippen molar-refractivity contribution in [3.63, 3.8) is 0 Å². The Bertz CT molecular complexity index is 2520. The first-order chi connectivity index (χ1) is 32.4. The van der Waals surface area contributed by atoms with Crippen LogP contribution in [0.3, 0.4) is 0 Å². The van der Waals surface area contributed by atoms with E-state index in [1.54, 1.807) is 17.3 Å². The van der Waals surface area contributed by atoms with E-state index < -0.39 is 0 Å². The maximum Gasteiger partial charge on any atom is 0.231 e. The van der Waals surface area contributed by atoms with Crippen molar-refractivity contribution in [2.45, 2.75) is 108 Å². The number of aryl methyl sites for hydroxylation is 2. The molecule has 4 atom stereocenters. The molecule has 0 aliphatic carbocycles. The second kappa shape index (κ2) is 39.6. The topological polar surface area (TPSA) is 82.0 Å². The van der Waals surface area contributed by atoms with Crippen molar-refractivity contribution >= 4 is 64.5 Å². The van der Waals surface area contributed by atoms with Crippen LogP contribution < -0.4 is 20.4 Å². The van der Waals surface area contributed by atoms with Gasteiger partial charge in [0.2, 0.25) is 11.8 Å². The average Bonchev–Trinajstić information content (AvgIpc) is 3.97. The molecular weight excluding hydrogens is 1060 g/mol. The van der Waals surface area contributed by atoms with Crippen LogP contribution in [0, 0.1) is 171 Å². The predicted molar refractivity (Wildman–Crippen MR) is 311 cm³/mol. The maximum atomic E-state index is 12.8. The number of nitrogens with zero attached hydrogens (tertiary/aromatic N) is 6. The number of hydrogen-bond acceptors (Lipinski definition) is 5. The van der Waals surface area contributed by atoms with Gasteiger partial charge in [0.15, 0.2) is 0 Å². The fraction of sp³-hybridized carbons (Fsp3) is 0.350. The van der Waals surface area contributed by atoms with Crippen molar-refractivity contribution in [1.82, 2.24) is 14.9 Å². The number of carbonyl (C=O) groups is 2. The maximum absolute atomic E-state index is 12.8. The molecule has 2 aliphatic heterocycles. The van der Waals surface area contributed by atoms with Crippen molar-refractivity contribution in [2.75, 3.05) is 37.0 Å². The van der Waals surface area contributed by atoms with E-state index in [2.05, 4.69) is 136 Å². The summed E-state index contributed by atoms with van der Waals surface area (Å²) in [7, 11) is 9.67. The molecule has 0 spiro atoms. The first-order valence-corrected chi connectivity index (χ1v) is 24.7. The van der Waals surface area contributed by atoms with E-state index in [0.29, 0.717) is 6.42 Å². The Morgan fingerprint density at radius 1 is 0.689 bits per heavy atom. The third-order valence-corrected chi connectivity index (χ3v) is 12.8. The van der Waals surface area contributed by atoms with E-state index in [4.69, 9.17) is 0 Å². The summed E-state index contributed by atoms with van der Waals surface area (Å²) in [4.78, 5) is 43.0. The third-order valence-electron chi connectivity index (χ3n) is 11.8. The fourth-order valence-corrected chi connectivity index (χ4v) is 8.77. The number of benzene rings is 4. The van der Waals surface area contributed by atoms with Gasteiger partial charge in [-0.2, -0.15) is 0 Å². The Morgan fingerprint density at radius 2 is 1.12 bits per heavy atom. The molecule has 0 saturated heterocycles. The number of rotatable bonds is 6. The van der Waals surface area contributed by atoms with Gasteiger partial charge in [0, 0.05) is 203 Å². The normalized spacial score (nSPS) is 12.2. The van der Waals surface area contributed by atoms with Crippen LogP contribution in [-0.2, 0) is 22.4 Å². The van der Waals surface area contributed by atoms with Crippen molar-refractivity contribution in [3.05, 3.63) is 174 Å². The Balaban J connectivity index is -0.000000865. The van der Waals surface area contributed by atoms with Crippen molar-refractivity contribution in [1.29, 1.82) is 0 Å². The van der Waals surface area contributed by atoms with Gasteiger partial charge in [-0.1, -0.05) is 157 Å². The summed E-state index contributed by atoms with van der Waals surface area (Å²) < 4.78 is 0. The molecule has 74 heavy (non-hydrogen) atoms. The van der Waals surface area contributed by atoms with E-state index in [0.717, 1.165) is 43.4 Å². The zero-order valence-corrected chi connectivity index (χ0v) is 48.9. The van der Waals surface area contributed by atoms with Gasteiger partial charge >= 0.3 is 0 Å². The third kappa shape index (κ3) is 24.3. The standard InChI is InChI=1S/C18H20N2O.C14H16P2.C10H12N2O.C8H18N2.C8H8.2CH4.4Ar/c1-13(15-7-4-3-5-8-15)14(2)18(21)20-12-10-16-9-6-11-19-17(16)20;1-9-5-3-7-11(15)13(9)14-10(2)6-4-8-12(14)16;1-2-9(13)12-7-5-8-4-3-6-11-10(8)12;1-7(10(5)6)9-8(2,3)4;1-2-8-6-4-3-5-7-8;;;;;;/h3-9,11,13-14H,10,12H2,1-2H3;3-8H,15-16H2,1-2H3;3-4,6H,2,5,7H2,1H3;1-6H3;2-7H,1H2;2*1H4;;;;/t13-,14-;;;;;;;;;;/m0........../s1. The molecule has 4 aromatic carbocycles. The number of hydrogen-bond donors (Lipinski definition) is 0. The van der Waals surface area contributed by atoms with E-state index in [9.17, 15) is 9.59 Å². The molecule has 2 aliphatic rings. The number of carbonyl (C=O) groups excluding carboxylic acids is 2. The Morgan fingerprint density at radius 3 is 1.50 bits per heavy atom. The van der Waals surface area contributed by atoms with Crippen LogP contribution in [-0.4, -0.2) is 65.2 Å². The van der Waals surface area contributed by atoms with Gasteiger partial charge < -0.3 is 4.90 Å². The van der Waals surface area contributed by atoms with Gasteiger partial charge in [0.05, 0.1) is 11.4 Å². The monoisotopic (exact) mass is 1140 g/mol. The Kier molecular flexibility index (Phi) is 41.4. The first kappa shape index (κ1) is 77.5. The number of aliphatic imine (C=N–C) groups is 1. The largest absolute Gasteiger partial charge is 0.367 e. The molecule has 406 valence electrons. The SMILES string of the molecule is C.C.C=Cc1ccccc1.CC(=NC(C)(C)C)N(C)C.CCC(=O)N1CCc2cccnc21.C[C@H](C(=O)N1CCc2cccnc21)[C@H](C)c1ccccc1.Cc1cccc(P)c1-c1c(C)cccc1P.[Ar].[Ar].[Ar].[Ar]. The quantitative estimate of drug-likeness (QED) is 0.0943. The Hall–Kier alpha value is -0.771. The molecule has 0 N–H and O–H groups in total. The smallest absolute Gasteiger partial charge is 0.231 e. The van der Waals surface area contributed by atoms with Crippen LogP contribution >= 0.6 is 18.5 Å². The molecule has 0 radical (unpaired) electrons. The molecule has 2 aromatic heterocycles. The summed E-state index contributed by atoms with van der Waals surface area (Å²) in [6, 6.07) is 41.0. The van der Waals surface area contributed by atoms with Gasteiger partial charge in [-0.15, -0.1) is 18.5 Å². The molecule has 4 heterocycles. The van der Waals surface area contributed by atoms with E-state index in [1.165, 1.54) is 55.1 Å². The zero-order valence-electron chi connectivity index (χ0n) is 43.7. The molecular formula is C60H82Ar4N6O2P2. The second-order valence-electron chi connectivity index (χ2n) is 18.3. The molecule has 0 saturated carbocycles. The Labute approximate surface area is 572 Å². The van der Waals surface area contributed by atoms with Gasteiger partial charge in [-0.3, -0.25) is 24.4 Å². The summed E-state index contributed by atoms with van der Waals surface area (Å²) in [5, 5.41) is 2.52. The molecule has 8 rings (SSSR count). The van der Waals surface area contributed by atoms with Crippen molar-refractivity contribution in [3.8, 4) is 11.1 Å². The molecule has 0 bridgehead atoms. The summed E-state index contributed by atoms with van der Waals surface area (Å²) in [6.45, 7) is 23.8. The number of anilines is 2. The minimum Gasteiger partial charge on any atom is -0.367 e. The summed E-state index contributed by atoms with van der Waals surface area (Å²) in [6.07, 6.45) is 7.72.